The van der Waals surface area contributed by atoms with E-state index in [9.17, 15) is 24.1 Å². The SMILES string of the molecule is CSc1ccc(C(=O)O[C@@H](C)C(=O)Nc2ccc(F)cc2)cc1[N+](=O)[O-]. The number of hydrogen-bond acceptors (Lipinski definition) is 6. The number of carbonyl (C=O) groups excluding carboxylic acids is 2. The molecule has 2 rings (SSSR count). The molecule has 0 heterocycles. The highest BCUT2D eigenvalue weighted by molar-refractivity contribution is 7.98. The molecular formula is C17H15FN2O5S. The van der Waals surface area contributed by atoms with Crippen molar-refractivity contribution in [3.63, 3.8) is 0 Å². The summed E-state index contributed by atoms with van der Waals surface area (Å²) in [5.41, 5.74) is 0.102. The summed E-state index contributed by atoms with van der Waals surface area (Å²) in [7, 11) is 0. The van der Waals surface area contributed by atoms with Crippen molar-refractivity contribution in [2.24, 2.45) is 0 Å². The molecule has 0 bridgehead atoms. The second-order valence-corrected chi connectivity index (χ2v) is 6.04. The zero-order valence-corrected chi connectivity index (χ0v) is 14.7. The van der Waals surface area contributed by atoms with Crippen molar-refractivity contribution >= 4 is 35.0 Å². The summed E-state index contributed by atoms with van der Waals surface area (Å²) in [6.45, 7) is 1.36. The Morgan fingerprint density at radius 1 is 1.23 bits per heavy atom. The minimum absolute atomic E-state index is 0.0315. The molecule has 0 saturated carbocycles. The molecule has 0 unspecified atom stereocenters. The predicted octanol–water partition coefficient (Wildman–Crippen LogP) is 3.64. The molecule has 0 aliphatic heterocycles. The van der Waals surface area contributed by atoms with Crippen LogP contribution in [0.3, 0.4) is 0 Å². The lowest BCUT2D eigenvalue weighted by Gasteiger charge is -2.13. The third-order valence-corrected chi connectivity index (χ3v) is 4.16. The van der Waals surface area contributed by atoms with E-state index in [0.717, 1.165) is 6.07 Å². The van der Waals surface area contributed by atoms with Crippen molar-refractivity contribution in [1.29, 1.82) is 0 Å². The molecule has 0 radical (unpaired) electrons. The van der Waals surface area contributed by atoms with Crippen LogP contribution < -0.4 is 5.32 Å². The molecule has 1 amide bonds. The van der Waals surface area contributed by atoms with Crippen LogP contribution in [0.25, 0.3) is 0 Å². The molecule has 0 aliphatic rings. The summed E-state index contributed by atoms with van der Waals surface area (Å²) < 4.78 is 17.9. The number of nitro groups is 1. The Labute approximate surface area is 152 Å². The molecule has 0 aromatic heterocycles. The number of amides is 1. The molecule has 136 valence electrons. The van der Waals surface area contributed by atoms with Gasteiger partial charge in [0.15, 0.2) is 6.10 Å². The number of carbonyl (C=O) groups is 2. The van der Waals surface area contributed by atoms with Gasteiger partial charge in [0.25, 0.3) is 11.6 Å². The van der Waals surface area contributed by atoms with Gasteiger partial charge in [0.2, 0.25) is 0 Å². The van der Waals surface area contributed by atoms with Crippen molar-refractivity contribution in [2.45, 2.75) is 17.9 Å². The summed E-state index contributed by atoms with van der Waals surface area (Å²) in [5, 5.41) is 13.5. The maximum absolute atomic E-state index is 12.9. The molecule has 1 atom stereocenters. The highest BCUT2D eigenvalue weighted by atomic mass is 32.2. The molecule has 0 aliphatic carbocycles. The van der Waals surface area contributed by atoms with Crippen LogP contribution in [-0.2, 0) is 9.53 Å². The summed E-state index contributed by atoms with van der Waals surface area (Å²) in [6, 6.07) is 9.04. The van der Waals surface area contributed by atoms with Crippen molar-refractivity contribution in [3.05, 3.63) is 64.0 Å². The molecule has 9 heteroatoms. The van der Waals surface area contributed by atoms with E-state index >= 15 is 0 Å². The van der Waals surface area contributed by atoms with Gasteiger partial charge in [-0.05, 0) is 49.6 Å². The lowest BCUT2D eigenvalue weighted by atomic mass is 10.2. The van der Waals surface area contributed by atoms with Gasteiger partial charge in [-0.15, -0.1) is 11.8 Å². The molecule has 1 N–H and O–H groups in total. The second-order valence-electron chi connectivity index (χ2n) is 5.19. The minimum Gasteiger partial charge on any atom is -0.449 e. The monoisotopic (exact) mass is 378 g/mol. The normalized spacial score (nSPS) is 11.5. The Kier molecular flexibility index (Phi) is 6.29. The summed E-state index contributed by atoms with van der Waals surface area (Å²) in [4.78, 5) is 35.1. The third kappa shape index (κ3) is 4.79. The largest absolute Gasteiger partial charge is 0.449 e. The number of nitrogens with zero attached hydrogens (tertiary/aromatic N) is 1. The van der Waals surface area contributed by atoms with Gasteiger partial charge < -0.3 is 10.1 Å². The molecule has 2 aromatic rings. The maximum Gasteiger partial charge on any atom is 0.339 e. The Balaban J connectivity index is 2.06. The fourth-order valence-corrected chi connectivity index (χ4v) is 2.57. The first-order chi connectivity index (χ1) is 12.3. The number of thioether (sulfide) groups is 1. The quantitative estimate of drug-likeness (QED) is 0.357. The summed E-state index contributed by atoms with van der Waals surface area (Å²) in [5.74, 6) is -1.92. The Morgan fingerprint density at radius 2 is 1.88 bits per heavy atom. The average molecular weight is 378 g/mol. The number of ether oxygens (including phenoxy) is 1. The minimum atomic E-state index is -1.15. The van der Waals surface area contributed by atoms with E-state index < -0.39 is 28.7 Å². The zero-order chi connectivity index (χ0) is 19.3. The van der Waals surface area contributed by atoms with E-state index in [1.807, 2.05) is 0 Å². The van der Waals surface area contributed by atoms with Crippen LogP contribution in [0.5, 0.6) is 0 Å². The van der Waals surface area contributed by atoms with Crippen molar-refractivity contribution in [1.82, 2.24) is 0 Å². The van der Waals surface area contributed by atoms with Gasteiger partial charge in [-0.25, -0.2) is 9.18 Å². The van der Waals surface area contributed by atoms with Gasteiger partial charge >= 0.3 is 5.97 Å². The van der Waals surface area contributed by atoms with E-state index in [1.54, 1.807) is 6.26 Å². The molecule has 0 spiro atoms. The molecule has 0 saturated heterocycles. The third-order valence-electron chi connectivity index (χ3n) is 3.38. The van der Waals surface area contributed by atoms with Gasteiger partial charge in [-0.3, -0.25) is 14.9 Å². The number of esters is 1. The highest BCUT2D eigenvalue weighted by Crippen LogP contribution is 2.28. The predicted molar refractivity (Wildman–Crippen MR) is 94.8 cm³/mol. The first-order valence-electron chi connectivity index (χ1n) is 7.41. The zero-order valence-electron chi connectivity index (χ0n) is 13.9. The highest BCUT2D eigenvalue weighted by Gasteiger charge is 2.22. The number of anilines is 1. The van der Waals surface area contributed by atoms with Crippen LogP contribution >= 0.6 is 11.8 Å². The van der Waals surface area contributed by atoms with E-state index in [2.05, 4.69) is 5.32 Å². The lowest BCUT2D eigenvalue weighted by Crippen LogP contribution is -2.30. The van der Waals surface area contributed by atoms with Gasteiger partial charge in [0, 0.05) is 11.8 Å². The maximum atomic E-state index is 12.9. The van der Waals surface area contributed by atoms with E-state index in [-0.39, 0.29) is 11.3 Å². The first-order valence-corrected chi connectivity index (χ1v) is 8.64. The van der Waals surface area contributed by atoms with Crippen LogP contribution in [0.15, 0.2) is 47.4 Å². The number of nitrogens with one attached hydrogen (secondary N) is 1. The molecule has 26 heavy (non-hydrogen) atoms. The average Bonchev–Trinajstić information content (AvgIpc) is 2.62. The Bertz CT molecular complexity index is 842. The fraction of sp³-hybridized carbons (Fsp3) is 0.176. The van der Waals surface area contributed by atoms with Crippen molar-refractivity contribution in [2.75, 3.05) is 11.6 Å². The van der Waals surface area contributed by atoms with Crippen LogP contribution in [0.4, 0.5) is 15.8 Å². The Morgan fingerprint density at radius 3 is 2.46 bits per heavy atom. The number of benzene rings is 2. The standard InChI is InChI=1S/C17H15FN2O5S/c1-10(16(21)19-13-6-4-12(18)5-7-13)25-17(22)11-3-8-15(26-2)14(9-11)20(23)24/h3-10H,1-2H3,(H,19,21)/t10-/m0/s1. The van der Waals surface area contributed by atoms with E-state index in [4.69, 9.17) is 4.74 Å². The van der Waals surface area contributed by atoms with Crippen LogP contribution in [-0.4, -0.2) is 29.2 Å². The number of nitro benzene ring substituents is 1. The molecular weight excluding hydrogens is 363 g/mol. The van der Waals surface area contributed by atoms with Gasteiger partial charge in [-0.1, -0.05) is 0 Å². The topological polar surface area (TPSA) is 98.5 Å². The summed E-state index contributed by atoms with van der Waals surface area (Å²) >= 11 is 1.18. The van der Waals surface area contributed by atoms with Crippen LogP contribution in [0, 0.1) is 15.9 Å². The van der Waals surface area contributed by atoms with Crippen molar-refractivity contribution in [3.8, 4) is 0 Å². The fourth-order valence-electron chi connectivity index (χ4n) is 2.02. The molecule has 0 fully saturated rings. The number of halogens is 1. The van der Waals surface area contributed by atoms with E-state index in [1.165, 1.54) is 55.1 Å². The molecule has 7 nitrogen and oxygen atoms in total. The number of rotatable bonds is 6. The van der Waals surface area contributed by atoms with Crippen LogP contribution in [0.2, 0.25) is 0 Å². The van der Waals surface area contributed by atoms with Crippen LogP contribution in [0.1, 0.15) is 17.3 Å². The van der Waals surface area contributed by atoms with E-state index in [0.29, 0.717) is 10.6 Å². The van der Waals surface area contributed by atoms with Gasteiger partial charge in [0.05, 0.1) is 15.4 Å². The molecule has 2 aromatic carbocycles. The Hall–Kier alpha value is -2.94. The number of hydrogen-bond donors (Lipinski definition) is 1. The smallest absolute Gasteiger partial charge is 0.339 e. The first kappa shape index (κ1) is 19.4. The van der Waals surface area contributed by atoms with Gasteiger partial charge in [0.1, 0.15) is 5.82 Å². The second kappa shape index (κ2) is 8.43. The van der Waals surface area contributed by atoms with Gasteiger partial charge in [-0.2, -0.15) is 0 Å². The van der Waals surface area contributed by atoms with Crippen molar-refractivity contribution < 1.29 is 23.6 Å². The lowest BCUT2D eigenvalue weighted by molar-refractivity contribution is -0.387. The summed E-state index contributed by atoms with van der Waals surface area (Å²) in [6.07, 6.45) is 0.536.